The summed E-state index contributed by atoms with van der Waals surface area (Å²) >= 11 is 0. The van der Waals surface area contributed by atoms with E-state index < -0.39 is 0 Å². The van der Waals surface area contributed by atoms with Crippen molar-refractivity contribution in [2.75, 3.05) is 13.2 Å². The summed E-state index contributed by atoms with van der Waals surface area (Å²) in [5.41, 5.74) is 0.199. The number of morpholine rings is 1. The molecule has 0 aromatic carbocycles. The normalized spacial score (nSPS) is 42.9. The summed E-state index contributed by atoms with van der Waals surface area (Å²) < 4.78 is 5.48. The average molecular weight is 143 g/mol. The Morgan fingerprint density at radius 2 is 2.20 bits per heavy atom. The molecule has 2 heteroatoms. The number of fused-ring (bicyclic) bond motifs is 2. The van der Waals surface area contributed by atoms with Crippen LogP contribution in [0.2, 0.25) is 0 Å². The Kier molecular flexibility index (Phi) is 2.32. The maximum Gasteiger partial charge on any atom is 0.0794 e. The van der Waals surface area contributed by atoms with Crippen LogP contribution < -0.4 is 5.32 Å². The Morgan fingerprint density at radius 3 is 2.30 bits per heavy atom. The second kappa shape index (κ2) is 2.89. The summed E-state index contributed by atoms with van der Waals surface area (Å²) in [7, 11) is 0. The molecule has 2 atom stereocenters. The third kappa shape index (κ3) is 1.32. The first-order valence-electron chi connectivity index (χ1n) is 4.16. The van der Waals surface area contributed by atoms with Crippen LogP contribution in [0.4, 0.5) is 0 Å². The van der Waals surface area contributed by atoms with Crippen molar-refractivity contribution in [1.82, 2.24) is 5.32 Å². The van der Waals surface area contributed by atoms with Gasteiger partial charge in [-0.3, -0.25) is 0 Å². The van der Waals surface area contributed by atoms with Crippen molar-refractivity contribution in [3.05, 3.63) is 0 Å². The lowest BCUT2D eigenvalue weighted by atomic mass is 10.1. The number of rotatable bonds is 0. The van der Waals surface area contributed by atoms with Crippen LogP contribution in [0, 0.1) is 0 Å². The van der Waals surface area contributed by atoms with Crippen molar-refractivity contribution in [2.45, 2.75) is 38.8 Å². The van der Waals surface area contributed by atoms with E-state index in [1.807, 2.05) is 13.8 Å². The van der Waals surface area contributed by atoms with Gasteiger partial charge in [0.2, 0.25) is 0 Å². The second-order valence-corrected chi connectivity index (χ2v) is 3.04. The minimum absolute atomic E-state index is 0.199. The Morgan fingerprint density at radius 1 is 1.50 bits per heavy atom. The standard InChI is InChI=1S/C6H11NO.C2H6/c1-6-2-5(3-8-6)7-4-6;1-2/h5,7H,2-4H2,1H3;1-2H3. The Hall–Kier alpha value is -0.0800. The Balaban J connectivity index is 0.000000231. The molecule has 2 heterocycles. The molecule has 0 radical (unpaired) electrons. The van der Waals surface area contributed by atoms with Gasteiger partial charge in [0.1, 0.15) is 0 Å². The fourth-order valence-electron chi connectivity index (χ4n) is 1.56. The predicted octanol–water partition coefficient (Wildman–Crippen LogP) is 1.16. The highest BCUT2D eigenvalue weighted by atomic mass is 16.5. The van der Waals surface area contributed by atoms with Crippen LogP contribution in [0.25, 0.3) is 0 Å². The zero-order chi connectivity index (χ0) is 7.61. The van der Waals surface area contributed by atoms with E-state index in [-0.39, 0.29) is 5.60 Å². The molecule has 0 amide bonds. The maximum absolute atomic E-state index is 5.48. The van der Waals surface area contributed by atoms with E-state index in [0.29, 0.717) is 6.04 Å². The summed E-state index contributed by atoms with van der Waals surface area (Å²) in [5.74, 6) is 0. The topological polar surface area (TPSA) is 21.3 Å². The van der Waals surface area contributed by atoms with Crippen molar-refractivity contribution < 1.29 is 4.74 Å². The van der Waals surface area contributed by atoms with Gasteiger partial charge in [0, 0.05) is 12.6 Å². The Bertz CT molecular complexity index is 106. The van der Waals surface area contributed by atoms with E-state index in [9.17, 15) is 0 Å². The minimum Gasteiger partial charge on any atom is -0.372 e. The highest BCUT2D eigenvalue weighted by Gasteiger charge is 2.41. The molecule has 2 rings (SSSR count). The number of hydrogen-bond donors (Lipinski definition) is 1. The van der Waals surface area contributed by atoms with Gasteiger partial charge in [-0.25, -0.2) is 0 Å². The smallest absolute Gasteiger partial charge is 0.0794 e. The lowest BCUT2D eigenvalue weighted by Crippen LogP contribution is -2.36. The van der Waals surface area contributed by atoms with Crippen LogP contribution in [0.3, 0.4) is 0 Å². The van der Waals surface area contributed by atoms with Crippen molar-refractivity contribution in [2.24, 2.45) is 0 Å². The molecular formula is C8H17NO. The average Bonchev–Trinajstić information content (AvgIpc) is 2.49. The van der Waals surface area contributed by atoms with Gasteiger partial charge in [0.25, 0.3) is 0 Å². The molecule has 2 unspecified atom stereocenters. The zero-order valence-electron chi connectivity index (χ0n) is 7.11. The van der Waals surface area contributed by atoms with Crippen LogP contribution >= 0.6 is 0 Å². The highest BCUT2D eigenvalue weighted by molar-refractivity contribution is 4.97. The molecule has 0 aromatic rings. The summed E-state index contributed by atoms with van der Waals surface area (Å²) in [4.78, 5) is 0. The molecule has 2 nitrogen and oxygen atoms in total. The fraction of sp³-hybridized carbons (Fsp3) is 1.00. The first-order chi connectivity index (χ1) is 4.79. The van der Waals surface area contributed by atoms with Crippen LogP contribution in [0.1, 0.15) is 27.2 Å². The van der Waals surface area contributed by atoms with E-state index >= 15 is 0 Å². The van der Waals surface area contributed by atoms with Gasteiger partial charge < -0.3 is 10.1 Å². The zero-order valence-corrected chi connectivity index (χ0v) is 7.11. The summed E-state index contributed by atoms with van der Waals surface area (Å²) in [6.07, 6.45) is 1.22. The van der Waals surface area contributed by atoms with Crippen LogP contribution in [-0.2, 0) is 4.74 Å². The van der Waals surface area contributed by atoms with Gasteiger partial charge in [0.05, 0.1) is 12.2 Å². The summed E-state index contributed by atoms with van der Waals surface area (Å²) in [6.45, 7) is 8.15. The lowest BCUT2D eigenvalue weighted by Gasteiger charge is -2.20. The van der Waals surface area contributed by atoms with Gasteiger partial charge in [-0.05, 0) is 13.3 Å². The quantitative estimate of drug-likeness (QED) is 0.549. The molecular weight excluding hydrogens is 126 g/mol. The van der Waals surface area contributed by atoms with E-state index in [4.69, 9.17) is 4.74 Å². The molecule has 2 bridgehead atoms. The monoisotopic (exact) mass is 143 g/mol. The third-order valence-electron chi connectivity index (χ3n) is 2.08. The van der Waals surface area contributed by atoms with Crippen molar-refractivity contribution in [1.29, 1.82) is 0 Å². The third-order valence-corrected chi connectivity index (χ3v) is 2.08. The molecule has 0 aromatic heterocycles. The number of hydrogen-bond acceptors (Lipinski definition) is 2. The maximum atomic E-state index is 5.48. The van der Waals surface area contributed by atoms with E-state index in [0.717, 1.165) is 13.2 Å². The molecule has 10 heavy (non-hydrogen) atoms. The number of ether oxygens (including phenoxy) is 1. The molecule has 0 saturated carbocycles. The molecule has 2 aliphatic rings. The molecule has 2 aliphatic heterocycles. The molecule has 0 spiro atoms. The SMILES string of the molecule is CC.CC12CNC(CO1)C2. The fourth-order valence-corrected chi connectivity index (χ4v) is 1.56. The van der Waals surface area contributed by atoms with Gasteiger partial charge in [-0.1, -0.05) is 13.8 Å². The largest absolute Gasteiger partial charge is 0.372 e. The highest BCUT2D eigenvalue weighted by Crippen LogP contribution is 2.29. The van der Waals surface area contributed by atoms with Gasteiger partial charge >= 0.3 is 0 Å². The molecule has 2 saturated heterocycles. The molecule has 60 valence electrons. The molecule has 1 N–H and O–H groups in total. The van der Waals surface area contributed by atoms with Gasteiger partial charge in [-0.15, -0.1) is 0 Å². The van der Waals surface area contributed by atoms with Crippen molar-refractivity contribution >= 4 is 0 Å². The lowest BCUT2D eigenvalue weighted by molar-refractivity contribution is 0.00903. The van der Waals surface area contributed by atoms with Crippen molar-refractivity contribution in [3.8, 4) is 0 Å². The molecule has 0 aliphatic carbocycles. The second-order valence-electron chi connectivity index (χ2n) is 3.04. The summed E-state index contributed by atoms with van der Waals surface area (Å²) in [6, 6.07) is 0.667. The van der Waals surface area contributed by atoms with E-state index in [2.05, 4.69) is 12.2 Å². The van der Waals surface area contributed by atoms with Gasteiger partial charge in [-0.2, -0.15) is 0 Å². The first-order valence-corrected chi connectivity index (χ1v) is 4.16. The summed E-state index contributed by atoms with van der Waals surface area (Å²) in [5, 5.41) is 3.37. The van der Waals surface area contributed by atoms with Crippen molar-refractivity contribution in [3.63, 3.8) is 0 Å². The predicted molar refractivity (Wildman–Crippen MR) is 42.1 cm³/mol. The minimum atomic E-state index is 0.199. The van der Waals surface area contributed by atoms with E-state index in [1.165, 1.54) is 6.42 Å². The van der Waals surface area contributed by atoms with Crippen LogP contribution in [-0.4, -0.2) is 24.8 Å². The number of nitrogens with one attached hydrogen (secondary N) is 1. The first kappa shape index (κ1) is 8.02. The molecule has 2 fully saturated rings. The Labute approximate surface area is 63.0 Å². The van der Waals surface area contributed by atoms with Crippen LogP contribution in [0.15, 0.2) is 0 Å². The van der Waals surface area contributed by atoms with Crippen LogP contribution in [0.5, 0.6) is 0 Å². The van der Waals surface area contributed by atoms with Gasteiger partial charge in [0.15, 0.2) is 0 Å². The van der Waals surface area contributed by atoms with E-state index in [1.54, 1.807) is 0 Å².